The number of carbonyl (C=O) groups excluding carboxylic acids is 1. The van der Waals surface area contributed by atoms with E-state index in [-0.39, 0.29) is 5.82 Å². The molecule has 1 saturated carbocycles. The molecule has 1 aliphatic carbocycles. The summed E-state index contributed by atoms with van der Waals surface area (Å²) < 4.78 is 25.9. The Balaban J connectivity index is 1.39. The highest BCUT2D eigenvalue weighted by Gasteiger charge is 2.22. The molecule has 3 aromatic rings. The molecular formula is C30H33FO3. The molecular weight excluding hydrogens is 427 g/mol. The number of hydrogen-bond acceptors (Lipinski definition) is 3. The second kappa shape index (κ2) is 11.3. The van der Waals surface area contributed by atoms with Crippen molar-refractivity contribution in [1.82, 2.24) is 0 Å². The van der Waals surface area contributed by atoms with Gasteiger partial charge in [0.05, 0.1) is 12.2 Å². The summed E-state index contributed by atoms with van der Waals surface area (Å²) in [5.41, 5.74) is 2.81. The summed E-state index contributed by atoms with van der Waals surface area (Å²) in [6.07, 6.45) is 7.34. The number of hydrogen-bond donors (Lipinski definition) is 0. The van der Waals surface area contributed by atoms with E-state index in [4.69, 9.17) is 9.47 Å². The summed E-state index contributed by atoms with van der Waals surface area (Å²) in [6.45, 7) is 4.74. The minimum absolute atomic E-state index is 0.210. The van der Waals surface area contributed by atoms with Gasteiger partial charge in [-0.2, -0.15) is 0 Å². The molecule has 0 bridgehead atoms. The zero-order valence-electron chi connectivity index (χ0n) is 20.1. The van der Waals surface area contributed by atoms with Gasteiger partial charge >= 0.3 is 5.97 Å². The Bertz CT molecular complexity index is 1080. The minimum Gasteiger partial charge on any atom is -0.494 e. The minimum atomic E-state index is -0.454. The van der Waals surface area contributed by atoms with Gasteiger partial charge in [0.15, 0.2) is 0 Å². The van der Waals surface area contributed by atoms with Gasteiger partial charge in [-0.05, 0) is 98.0 Å². The first-order valence-corrected chi connectivity index (χ1v) is 12.4. The van der Waals surface area contributed by atoms with Crippen LogP contribution < -0.4 is 9.47 Å². The van der Waals surface area contributed by atoms with Crippen molar-refractivity contribution in [3.8, 4) is 22.6 Å². The predicted octanol–water partition coefficient (Wildman–Crippen LogP) is 8.18. The van der Waals surface area contributed by atoms with Gasteiger partial charge < -0.3 is 9.47 Å². The first-order chi connectivity index (χ1) is 16.6. The molecule has 0 N–H and O–H groups in total. The maximum absolute atomic E-state index is 15.0. The third-order valence-electron chi connectivity index (χ3n) is 6.79. The SMILES string of the molecule is CCC[C@H]1CC[C@H](c2ccc(-c3ccc(C(=O)Oc4ccc(OCC)cc4)cc3)c(F)c2)CC1. The maximum Gasteiger partial charge on any atom is 0.343 e. The van der Waals surface area contributed by atoms with E-state index in [2.05, 4.69) is 13.0 Å². The van der Waals surface area contributed by atoms with Crippen LogP contribution in [0.15, 0.2) is 66.7 Å². The van der Waals surface area contributed by atoms with E-state index in [0.29, 0.717) is 29.4 Å². The molecule has 4 heteroatoms. The average molecular weight is 461 g/mol. The lowest BCUT2D eigenvalue weighted by Gasteiger charge is -2.28. The molecule has 1 aliphatic rings. The summed E-state index contributed by atoms with van der Waals surface area (Å²) in [6, 6.07) is 19.4. The van der Waals surface area contributed by atoms with Crippen LogP contribution >= 0.6 is 0 Å². The third-order valence-corrected chi connectivity index (χ3v) is 6.79. The van der Waals surface area contributed by atoms with Gasteiger partial charge in [0.2, 0.25) is 0 Å². The molecule has 178 valence electrons. The largest absolute Gasteiger partial charge is 0.494 e. The highest BCUT2D eigenvalue weighted by Crippen LogP contribution is 2.38. The Morgan fingerprint density at radius 3 is 2.18 bits per heavy atom. The van der Waals surface area contributed by atoms with E-state index >= 15 is 4.39 Å². The van der Waals surface area contributed by atoms with Crippen LogP contribution in [0.2, 0.25) is 0 Å². The van der Waals surface area contributed by atoms with Gasteiger partial charge in [-0.3, -0.25) is 0 Å². The molecule has 0 unspecified atom stereocenters. The fourth-order valence-electron chi connectivity index (χ4n) is 4.93. The number of carbonyl (C=O) groups is 1. The maximum atomic E-state index is 15.0. The monoisotopic (exact) mass is 460 g/mol. The number of benzene rings is 3. The number of rotatable bonds is 8. The van der Waals surface area contributed by atoms with E-state index in [1.807, 2.05) is 13.0 Å². The van der Waals surface area contributed by atoms with Crippen LogP contribution in [0.25, 0.3) is 11.1 Å². The molecule has 1 fully saturated rings. The van der Waals surface area contributed by atoms with Crippen LogP contribution in [-0.2, 0) is 0 Å². The predicted molar refractivity (Wildman–Crippen MR) is 134 cm³/mol. The Kier molecular flexibility index (Phi) is 7.99. The second-order valence-electron chi connectivity index (χ2n) is 9.12. The third kappa shape index (κ3) is 5.85. The summed E-state index contributed by atoms with van der Waals surface area (Å²) in [7, 11) is 0. The van der Waals surface area contributed by atoms with Gasteiger partial charge in [-0.1, -0.05) is 44.0 Å². The van der Waals surface area contributed by atoms with Gasteiger partial charge in [0, 0.05) is 5.56 Å². The van der Waals surface area contributed by atoms with Crippen molar-refractivity contribution in [1.29, 1.82) is 0 Å². The van der Waals surface area contributed by atoms with Crippen molar-refractivity contribution in [2.45, 2.75) is 58.3 Å². The van der Waals surface area contributed by atoms with Crippen LogP contribution in [0.4, 0.5) is 4.39 Å². The molecule has 0 saturated heterocycles. The topological polar surface area (TPSA) is 35.5 Å². The molecule has 0 radical (unpaired) electrons. The van der Waals surface area contributed by atoms with Crippen LogP contribution in [0.3, 0.4) is 0 Å². The summed E-state index contributed by atoms with van der Waals surface area (Å²) in [5, 5.41) is 0. The fraction of sp³-hybridized carbons (Fsp3) is 0.367. The van der Waals surface area contributed by atoms with E-state index in [1.54, 1.807) is 54.6 Å². The normalized spacial score (nSPS) is 17.9. The molecule has 0 spiro atoms. The molecule has 0 aliphatic heterocycles. The fourth-order valence-corrected chi connectivity index (χ4v) is 4.93. The number of esters is 1. The second-order valence-corrected chi connectivity index (χ2v) is 9.12. The molecule has 0 atom stereocenters. The van der Waals surface area contributed by atoms with E-state index in [9.17, 15) is 4.79 Å². The van der Waals surface area contributed by atoms with Crippen molar-refractivity contribution in [2.75, 3.05) is 6.61 Å². The van der Waals surface area contributed by atoms with E-state index in [1.165, 1.54) is 25.7 Å². The zero-order valence-corrected chi connectivity index (χ0v) is 20.1. The molecule has 0 heterocycles. The van der Waals surface area contributed by atoms with Gasteiger partial charge in [0.1, 0.15) is 17.3 Å². The van der Waals surface area contributed by atoms with E-state index < -0.39 is 5.97 Å². The summed E-state index contributed by atoms with van der Waals surface area (Å²) in [5.74, 6) is 1.80. The highest BCUT2D eigenvalue weighted by molar-refractivity contribution is 5.91. The lowest BCUT2D eigenvalue weighted by Crippen LogP contribution is -2.13. The molecule has 0 amide bonds. The Labute approximate surface area is 201 Å². The van der Waals surface area contributed by atoms with Crippen LogP contribution in [0.1, 0.15) is 74.2 Å². The quantitative estimate of drug-likeness (QED) is 0.251. The summed E-state index contributed by atoms with van der Waals surface area (Å²) in [4.78, 5) is 12.5. The van der Waals surface area contributed by atoms with Crippen molar-refractivity contribution in [2.24, 2.45) is 5.92 Å². The van der Waals surface area contributed by atoms with Crippen LogP contribution in [0, 0.1) is 11.7 Å². The summed E-state index contributed by atoms with van der Waals surface area (Å²) >= 11 is 0. The lowest BCUT2D eigenvalue weighted by atomic mass is 9.77. The number of halogens is 1. The van der Waals surface area contributed by atoms with Gasteiger partial charge in [0.25, 0.3) is 0 Å². The number of ether oxygens (including phenoxy) is 2. The average Bonchev–Trinajstić information content (AvgIpc) is 2.86. The first kappa shape index (κ1) is 24.0. The van der Waals surface area contributed by atoms with Crippen LogP contribution in [0.5, 0.6) is 11.5 Å². The van der Waals surface area contributed by atoms with Gasteiger partial charge in [-0.15, -0.1) is 0 Å². The smallest absolute Gasteiger partial charge is 0.343 e. The zero-order chi connectivity index (χ0) is 23.9. The van der Waals surface area contributed by atoms with Crippen molar-refractivity contribution in [3.05, 3.63) is 83.7 Å². The van der Waals surface area contributed by atoms with Crippen molar-refractivity contribution >= 4 is 5.97 Å². The molecule has 34 heavy (non-hydrogen) atoms. The van der Waals surface area contributed by atoms with Crippen molar-refractivity contribution in [3.63, 3.8) is 0 Å². The molecule has 3 nitrogen and oxygen atoms in total. The Morgan fingerprint density at radius 2 is 1.56 bits per heavy atom. The standard InChI is InChI=1S/C30H33FO3/c1-3-5-21-6-8-22(9-7-21)25-14-19-28(29(31)20-25)23-10-12-24(13-11-23)30(32)34-27-17-15-26(16-18-27)33-4-2/h10-22H,3-9H2,1-2H3/t21-,22-. The van der Waals surface area contributed by atoms with E-state index in [0.717, 1.165) is 35.6 Å². The highest BCUT2D eigenvalue weighted by atomic mass is 19.1. The molecule has 4 rings (SSSR count). The van der Waals surface area contributed by atoms with Gasteiger partial charge in [-0.25, -0.2) is 9.18 Å². The Morgan fingerprint density at radius 1 is 0.882 bits per heavy atom. The van der Waals surface area contributed by atoms with Crippen molar-refractivity contribution < 1.29 is 18.7 Å². The molecule has 3 aromatic carbocycles. The first-order valence-electron chi connectivity index (χ1n) is 12.4. The lowest BCUT2D eigenvalue weighted by molar-refractivity contribution is 0.0734. The Hall–Kier alpha value is -3.14. The molecule has 0 aromatic heterocycles. The van der Waals surface area contributed by atoms with Crippen LogP contribution in [-0.4, -0.2) is 12.6 Å².